The van der Waals surface area contributed by atoms with Crippen LogP contribution < -0.4 is 9.64 Å². The monoisotopic (exact) mass is 404 g/mol. The Labute approximate surface area is 168 Å². The summed E-state index contributed by atoms with van der Waals surface area (Å²) in [7, 11) is 5.00. The van der Waals surface area contributed by atoms with Gasteiger partial charge in [0, 0.05) is 51.9 Å². The van der Waals surface area contributed by atoms with Crippen molar-refractivity contribution in [1.82, 2.24) is 15.0 Å². The molecule has 156 valence electrons. The van der Waals surface area contributed by atoms with E-state index in [1.54, 1.807) is 30.0 Å². The average Bonchev–Trinajstić information content (AvgIpc) is 3.13. The molecule has 2 saturated heterocycles. The van der Waals surface area contributed by atoms with Crippen molar-refractivity contribution >= 4 is 11.7 Å². The van der Waals surface area contributed by atoms with Crippen LogP contribution in [0, 0.1) is 5.82 Å². The standard InChI is InChI=1S/C20H25FN4O4/c1-23(2)19-17(18(29-22-19)13-4-5-15(21)16(10-13)27-3)20(26)25-11-14(12-25)24-6-8-28-9-7-24/h4-5,10,14H,6-9,11-12H2,1-3H3. The van der Waals surface area contributed by atoms with E-state index in [9.17, 15) is 9.18 Å². The Kier molecular flexibility index (Phi) is 5.42. The highest BCUT2D eigenvalue weighted by Crippen LogP contribution is 2.35. The van der Waals surface area contributed by atoms with Crippen molar-refractivity contribution < 1.29 is 23.2 Å². The molecule has 29 heavy (non-hydrogen) atoms. The number of aromatic nitrogens is 1. The van der Waals surface area contributed by atoms with Gasteiger partial charge in [0.1, 0.15) is 5.56 Å². The minimum Gasteiger partial charge on any atom is -0.494 e. The van der Waals surface area contributed by atoms with Gasteiger partial charge in [-0.3, -0.25) is 9.69 Å². The van der Waals surface area contributed by atoms with Gasteiger partial charge in [-0.05, 0) is 18.2 Å². The van der Waals surface area contributed by atoms with E-state index in [0.717, 1.165) is 26.3 Å². The SMILES string of the molecule is COc1cc(-c2onc(N(C)C)c2C(=O)N2CC(N3CCOCC3)C2)ccc1F. The van der Waals surface area contributed by atoms with Crippen molar-refractivity contribution in [3.8, 4) is 17.1 Å². The van der Waals surface area contributed by atoms with E-state index >= 15 is 0 Å². The van der Waals surface area contributed by atoms with Gasteiger partial charge in [0.05, 0.1) is 20.3 Å². The molecule has 9 heteroatoms. The van der Waals surface area contributed by atoms with Gasteiger partial charge in [0.2, 0.25) is 0 Å². The quantitative estimate of drug-likeness (QED) is 0.751. The van der Waals surface area contributed by atoms with Crippen LogP contribution in [0.4, 0.5) is 10.2 Å². The molecule has 4 rings (SSSR count). The average molecular weight is 404 g/mol. The number of rotatable bonds is 5. The Balaban J connectivity index is 1.59. The Morgan fingerprint density at radius 3 is 2.66 bits per heavy atom. The second kappa shape index (κ2) is 8.00. The third-order valence-electron chi connectivity index (χ3n) is 5.44. The number of anilines is 1. The normalized spacial score (nSPS) is 17.9. The lowest BCUT2D eigenvalue weighted by atomic mass is 10.0. The summed E-state index contributed by atoms with van der Waals surface area (Å²) in [6.07, 6.45) is 0. The molecule has 0 bridgehead atoms. The lowest BCUT2D eigenvalue weighted by Crippen LogP contribution is -2.62. The molecule has 2 aromatic rings. The molecule has 0 atom stereocenters. The predicted octanol–water partition coefficient (Wildman–Crippen LogP) is 1.71. The van der Waals surface area contributed by atoms with Gasteiger partial charge in [-0.15, -0.1) is 0 Å². The van der Waals surface area contributed by atoms with E-state index in [2.05, 4.69) is 10.1 Å². The minimum absolute atomic E-state index is 0.0834. The van der Waals surface area contributed by atoms with Crippen molar-refractivity contribution in [1.29, 1.82) is 0 Å². The van der Waals surface area contributed by atoms with Crippen molar-refractivity contribution in [2.24, 2.45) is 0 Å². The zero-order valence-corrected chi connectivity index (χ0v) is 16.9. The lowest BCUT2D eigenvalue weighted by molar-refractivity contribution is -0.0255. The molecule has 0 aliphatic carbocycles. The first-order valence-corrected chi connectivity index (χ1v) is 9.61. The summed E-state index contributed by atoms with van der Waals surface area (Å²) in [5.41, 5.74) is 0.918. The van der Waals surface area contributed by atoms with E-state index in [1.807, 2.05) is 0 Å². The molecule has 8 nitrogen and oxygen atoms in total. The van der Waals surface area contributed by atoms with Crippen LogP contribution in [0.1, 0.15) is 10.4 Å². The predicted molar refractivity (Wildman–Crippen MR) is 105 cm³/mol. The molecule has 2 fully saturated rings. The van der Waals surface area contributed by atoms with Crippen LogP contribution in [-0.4, -0.2) is 87.5 Å². The Morgan fingerprint density at radius 1 is 1.28 bits per heavy atom. The van der Waals surface area contributed by atoms with Crippen LogP contribution in [0.5, 0.6) is 5.75 Å². The summed E-state index contributed by atoms with van der Waals surface area (Å²) in [5.74, 6) is 0.222. The second-order valence-corrected chi connectivity index (χ2v) is 7.47. The highest BCUT2D eigenvalue weighted by atomic mass is 19.1. The zero-order chi connectivity index (χ0) is 20.5. The zero-order valence-electron chi connectivity index (χ0n) is 16.9. The lowest BCUT2D eigenvalue weighted by Gasteiger charge is -2.46. The van der Waals surface area contributed by atoms with Crippen LogP contribution in [0.2, 0.25) is 0 Å². The fourth-order valence-corrected chi connectivity index (χ4v) is 3.73. The van der Waals surface area contributed by atoms with E-state index in [0.29, 0.717) is 41.8 Å². The molecule has 2 aliphatic rings. The molecule has 3 heterocycles. The first kappa shape index (κ1) is 19.7. The van der Waals surface area contributed by atoms with Crippen molar-refractivity contribution in [3.05, 3.63) is 29.6 Å². The van der Waals surface area contributed by atoms with E-state index < -0.39 is 5.82 Å². The third kappa shape index (κ3) is 3.67. The number of carbonyl (C=O) groups excluding carboxylic acids is 1. The summed E-state index contributed by atoms with van der Waals surface area (Å²) in [5, 5.41) is 4.08. The van der Waals surface area contributed by atoms with Crippen LogP contribution in [-0.2, 0) is 4.74 Å². The van der Waals surface area contributed by atoms with E-state index in [4.69, 9.17) is 14.0 Å². The number of benzene rings is 1. The molecule has 2 aliphatic heterocycles. The summed E-state index contributed by atoms with van der Waals surface area (Å²) < 4.78 is 29.8. The third-order valence-corrected chi connectivity index (χ3v) is 5.44. The number of morpholine rings is 1. The minimum atomic E-state index is -0.479. The molecule has 1 amide bonds. The van der Waals surface area contributed by atoms with Crippen LogP contribution in [0.25, 0.3) is 11.3 Å². The summed E-state index contributed by atoms with van der Waals surface area (Å²) in [4.78, 5) is 19.2. The maximum Gasteiger partial charge on any atom is 0.261 e. The molecule has 0 saturated carbocycles. The number of halogens is 1. The van der Waals surface area contributed by atoms with Crippen LogP contribution in [0.3, 0.4) is 0 Å². The summed E-state index contributed by atoms with van der Waals surface area (Å²) >= 11 is 0. The van der Waals surface area contributed by atoms with Crippen molar-refractivity contribution in [3.63, 3.8) is 0 Å². The fourth-order valence-electron chi connectivity index (χ4n) is 3.73. The first-order valence-electron chi connectivity index (χ1n) is 9.61. The molecule has 1 aromatic heterocycles. The van der Waals surface area contributed by atoms with Crippen molar-refractivity contribution in [2.75, 3.05) is 65.5 Å². The topological polar surface area (TPSA) is 71.3 Å². The van der Waals surface area contributed by atoms with Gasteiger partial charge >= 0.3 is 0 Å². The number of hydrogen-bond donors (Lipinski definition) is 0. The maximum absolute atomic E-state index is 13.8. The molecule has 0 N–H and O–H groups in total. The number of carbonyl (C=O) groups is 1. The van der Waals surface area contributed by atoms with Gasteiger partial charge in [-0.2, -0.15) is 0 Å². The largest absolute Gasteiger partial charge is 0.494 e. The smallest absolute Gasteiger partial charge is 0.261 e. The van der Waals surface area contributed by atoms with Gasteiger partial charge in [-0.25, -0.2) is 4.39 Å². The summed E-state index contributed by atoms with van der Waals surface area (Å²) in [6.45, 7) is 4.56. The molecule has 1 aromatic carbocycles. The maximum atomic E-state index is 13.8. The van der Waals surface area contributed by atoms with Gasteiger partial charge in [0.25, 0.3) is 5.91 Å². The number of methoxy groups -OCH3 is 1. The molecule has 0 unspecified atom stereocenters. The van der Waals surface area contributed by atoms with Crippen molar-refractivity contribution in [2.45, 2.75) is 6.04 Å². The number of likely N-dealkylation sites (tertiary alicyclic amines) is 1. The first-order chi connectivity index (χ1) is 14.0. The molecule has 0 radical (unpaired) electrons. The van der Waals surface area contributed by atoms with Gasteiger partial charge in [-0.1, -0.05) is 5.16 Å². The summed E-state index contributed by atoms with van der Waals surface area (Å²) in [6, 6.07) is 4.71. The van der Waals surface area contributed by atoms with Crippen LogP contribution in [0.15, 0.2) is 22.7 Å². The van der Waals surface area contributed by atoms with E-state index in [-0.39, 0.29) is 11.7 Å². The number of ether oxygens (including phenoxy) is 2. The molecular weight excluding hydrogens is 379 g/mol. The number of amides is 1. The Hall–Kier alpha value is -2.65. The Bertz CT molecular complexity index is 889. The van der Waals surface area contributed by atoms with Gasteiger partial charge < -0.3 is 23.8 Å². The number of nitrogens with zero attached hydrogens (tertiary/aromatic N) is 4. The Morgan fingerprint density at radius 2 is 2.00 bits per heavy atom. The van der Waals surface area contributed by atoms with E-state index in [1.165, 1.54) is 19.2 Å². The van der Waals surface area contributed by atoms with Gasteiger partial charge in [0.15, 0.2) is 23.1 Å². The van der Waals surface area contributed by atoms with Crippen LogP contribution >= 0.6 is 0 Å². The second-order valence-electron chi connectivity index (χ2n) is 7.47. The molecule has 0 spiro atoms. The fraction of sp³-hybridized carbons (Fsp3) is 0.500. The highest BCUT2D eigenvalue weighted by Gasteiger charge is 2.39. The highest BCUT2D eigenvalue weighted by molar-refractivity contribution is 6.04. The molecular formula is C20H25FN4O4. The number of hydrogen-bond acceptors (Lipinski definition) is 7.